The molecule has 0 saturated carbocycles. The van der Waals surface area contributed by atoms with Gasteiger partial charge in [0, 0.05) is 18.3 Å². The van der Waals surface area contributed by atoms with Crippen molar-refractivity contribution in [1.29, 1.82) is 0 Å². The monoisotopic (exact) mass is 309 g/mol. The van der Waals surface area contributed by atoms with Crippen LogP contribution in [-0.4, -0.2) is 22.2 Å². The van der Waals surface area contributed by atoms with Crippen LogP contribution in [0.5, 0.6) is 0 Å². The Bertz CT molecular complexity index is 840. The van der Waals surface area contributed by atoms with E-state index in [0.717, 1.165) is 42.6 Å². The van der Waals surface area contributed by atoms with Crippen LogP contribution in [0.2, 0.25) is 0 Å². The molecule has 5 heteroatoms. The van der Waals surface area contributed by atoms with Gasteiger partial charge in [0.1, 0.15) is 6.04 Å². The zero-order valence-corrected chi connectivity index (χ0v) is 13.2. The molecule has 1 aromatic heterocycles. The van der Waals surface area contributed by atoms with Gasteiger partial charge in [-0.2, -0.15) is 5.10 Å². The van der Waals surface area contributed by atoms with Gasteiger partial charge >= 0.3 is 0 Å². The Kier molecular flexibility index (Phi) is 3.29. The van der Waals surface area contributed by atoms with Gasteiger partial charge in [-0.3, -0.25) is 9.59 Å². The van der Waals surface area contributed by atoms with Crippen LogP contribution in [0.3, 0.4) is 0 Å². The number of amides is 1. The van der Waals surface area contributed by atoms with E-state index in [4.69, 9.17) is 0 Å². The summed E-state index contributed by atoms with van der Waals surface area (Å²) in [6, 6.07) is 9.01. The van der Waals surface area contributed by atoms with Crippen molar-refractivity contribution in [3.05, 3.63) is 57.5 Å². The SMILES string of the molecule is CC(C(=O)N1CCc2ccccc21)n1nc2c(cc1=O)CCC2. The summed E-state index contributed by atoms with van der Waals surface area (Å²) in [5, 5.41) is 4.46. The third kappa shape index (κ3) is 2.27. The lowest BCUT2D eigenvalue weighted by atomic mass is 10.2. The first kappa shape index (κ1) is 14.2. The van der Waals surface area contributed by atoms with Crippen LogP contribution in [0.4, 0.5) is 5.69 Å². The number of rotatable bonds is 2. The average Bonchev–Trinajstić information content (AvgIpc) is 3.18. The Hall–Kier alpha value is -2.43. The second-order valence-electron chi connectivity index (χ2n) is 6.30. The Labute approximate surface area is 134 Å². The van der Waals surface area contributed by atoms with E-state index in [9.17, 15) is 9.59 Å². The minimum atomic E-state index is -0.584. The number of hydrogen-bond donors (Lipinski definition) is 0. The molecule has 1 atom stereocenters. The molecule has 5 nitrogen and oxygen atoms in total. The molecule has 0 bridgehead atoms. The molecule has 1 unspecified atom stereocenters. The third-order valence-corrected chi connectivity index (χ3v) is 4.86. The smallest absolute Gasteiger partial charge is 0.267 e. The molecule has 4 rings (SSSR count). The highest BCUT2D eigenvalue weighted by atomic mass is 16.2. The molecule has 1 aromatic carbocycles. The molecular formula is C18H19N3O2. The molecule has 2 aliphatic rings. The number of aryl methyl sites for hydroxylation is 2. The normalized spacial score (nSPS) is 17.0. The average molecular weight is 309 g/mol. The van der Waals surface area contributed by atoms with Gasteiger partial charge in [-0.25, -0.2) is 4.68 Å². The Morgan fingerprint density at radius 2 is 2.00 bits per heavy atom. The minimum Gasteiger partial charge on any atom is -0.310 e. The lowest BCUT2D eigenvalue weighted by molar-refractivity contribution is -0.121. The topological polar surface area (TPSA) is 55.2 Å². The van der Waals surface area contributed by atoms with Gasteiger partial charge in [-0.1, -0.05) is 18.2 Å². The van der Waals surface area contributed by atoms with Crippen LogP contribution in [0.1, 0.15) is 36.2 Å². The molecule has 1 amide bonds. The molecule has 23 heavy (non-hydrogen) atoms. The van der Waals surface area contributed by atoms with E-state index in [1.54, 1.807) is 17.9 Å². The van der Waals surface area contributed by atoms with Gasteiger partial charge in [0.25, 0.3) is 11.5 Å². The first-order valence-electron chi connectivity index (χ1n) is 8.16. The molecule has 0 fully saturated rings. The quantitative estimate of drug-likeness (QED) is 0.851. The van der Waals surface area contributed by atoms with Gasteiger partial charge in [0.05, 0.1) is 5.69 Å². The molecule has 0 spiro atoms. The van der Waals surface area contributed by atoms with E-state index in [1.807, 2.05) is 24.3 Å². The maximum atomic E-state index is 12.9. The van der Waals surface area contributed by atoms with Gasteiger partial charge < -0.3 is 4.90 Å². The summed E-state index contributed by atoms with van der Waals surface area (Å²) in [5.41, 5.74) is 3.96. The predicted molar refractivity (Wildman–Crippen MR) is 87.7 cm³/mol. The number of hydrogen-bond acceptors (Lipinski definition) is 3. The zero-order valence-electron chi connectivity index (χ0n) is 13.2. The van der Waals surface area contributed by atoms with Crippen molar-refractivity contribution in [2.75, 3.05) is 11.4 Å². The van der Waals surface area contributed by atoms with Gasteiger partial charge in [-0.05, 0) is 49.8 Å². The molecule has 2 aromatic rings. The first-order chi connectivity index (χ1) is 11.1. The molecule has 0 radical (unpaired) electrons. The highest BCUT2D eigenvalue weighted by Crippen LogP contribution is 2.29. The molecule has 0 saturated heterocycles. The Morgan fingerprint density at radius 1 is 1.17 bits per heavy atom. The number of anilines is 1. The van der Waals surface area contributed by atoms with Gasteiger partial charge in [-0.15, -0.1) is 0 Å². The summed E-state index contributed by atoms with van der Waals surface area (Å²) in [7, 11) is 0. The second-order valence-corrected chi connectivity index (χ2v) is 6.30. The fraction of sp³-hybridized carbons (Fsp3) is 0.389. The van der Waals surface area contributed by atoms with E-state index in [0.29, 0.717) is 6.54 Å². The highest BCUT2D eigenvalue weighted by Gasteiger charge is 2.30. The zero-order chi connectivity index (χ0) is 16.0. The van der Waals surface area contributed by atoms with Crippen molar-refractivity contribution < 1.29 is 4.79 Å². The summed E-state index contributed by atoms with van der Waals surface area (Å²) in [6.45, 7) is 2.43. The number of para-hydroxylation sites is 1. The summed E-state index contributed by atoms with van der Waals surface area (Å²) in [5.74, 6) is -0.0671. The number of nitrogens with zero attached hydrogens (tertiary/aromatic N) is 3. The van der Waals surface area contributed by atoms with Crippen molar-refractivity contribution in [1.82, 2.24) is 9.78 Å². The third-order valence-electron chi connectivity index (χ3n) is 4.86. The molecule has 1 aliphatic heterocycles. The van der Waals surface area contributed by atoms with E-state index < -0.39 is 6.04 Å². The second kappa shape index (κ2) is 5.33. The summed E-state index contributed by atoms with van der Waals surface area (Å²) in [6.07, 6.45) is 3.71. The maximum Gasteiger partial charge on any atom is 0.267 e. The standard InChI is InChI=1S/C18H19N3O2/c1-12(21-17(22)11-14-6-4-7-15(14)19-21)18(23)20-10-9-13-5-2-3-8-16(13)20/h2-3,5,8,11-12H,4,6-7,9-10H2,1H3. The lowest BCUT2D eigenvalue weighted by Gasteiger charge is -2.22. The van der Waals surface area contributed by atoms with Crippen LogP contribution in [0.25, 0.3) is 0 Å². The van der Waals surface area contributed by atoms with Crippen LogP contribution in [-0.2, 0) is 24.1 Å². The summed E-state index contributed by atoms with van der Waals surface area (Å²) < 4.78 is 1.35. The Morgan fingerprint density at radius 3 is 2.87 bits per heavy atom. The predicted octanol–water partition coefficient (Wildman–Crippen LogP) is 1.88. The van der Waals surface area contributed by atoms with Crippen molar-refractivity contribution in [2.24, 2.45) is 0 Å². The molecule has 0 N–H and O–H groups in total. The van der Waals surface area contributed by atoms with E-state index in [-0.39, 0.29) is 11.5 Å². The van der Waals surface area contributed by atoms with Gasteiger partial charge in [0.2, 0.25) is 0 Å². The lowest BCUT2D eigenvalue weighted by Crippen LogP contribution is -2.39. The van der Waals surface area contributed by atoms with E-state index >= 15 is 0 Å². The van der Waals surface area contributed by atoms with Crippen LogP contribution < -0.4 is 10.5 Å². The largest absolute Gasteiger partial charge is 0.310 e. The van der Waals surface area contributed by atoms with Crippen LogP contribution in [0, 0.1) is 0 Å². The van der Waals surface area contributed by atoms with Crippen molar-refractivity contribution >= 4 is 11.6 Å². The van der Waals surface area contributed by atoms with E-state index in [2.05, 4.69) is 5.10 Å². The molecular weight excluding hydrogens is 290 g/mol. The first-order valence-corrected chi connectivity index (χ1v) is 8.16. The summed E-state index contributed by atoms with van der Waals surface area (Å²) >= 11 is 0. The molecule has 118 valence electrons. The van der Waals surface area contributed by atoms with Gasteiger partial charge in [0.15, 0.2) is 0 Å². The van der Waals surface area contributed by atoms with Crippen molar-refractivity contribution in [3.63, 3.8) is 0 Å². The van der Waals surface area contributed by atoms with Crippen LogP contribution >= 0.6 is 0 Å². The Balaban J connectivity index is 1.67. The minimum absolute atomic E-state index is 0.0671. The number of benzene rings is 1. The van der Waals surface area contributed by atoms with E-state index in [1.165, 1.54) is 10.2 Å². The fourth-order valence-corrected chi connectivity index (χ4v) is 3.59. The fourth-order valence-electron chi connectivity index (χ4n) is 3.59. The van der Waals surface area contributed by atoms with Crippen LogP contribution in [0.15, 0.2) is 35.1 Å². The molecule has 1 aliphatic carbocycles. The molecule has 2 heterocycles. The number of fused-ring (bicyclic) bond motifs is 2. The number of carbonyl (C=O) groups is 1. The number of aromatic nitrogens is 2. The highest BCUT2D eigenvalue weighted by molar-refractivity contribution is 5.97. The number of carbonyl (C=O) groups excluding carboxylic acids is 1. The van der Waals surface area contributed by atoms with Crippen molar-refractivity contribution in [2.45, 2.75) is 38.6 Å². The maximum absolute atomic E-state index is 12.9. The summed E-state index contributed by atoms with van der Waals surface area (Å²) in [4.78, 5) is 27.0. The van der Waals surface area contributed by atoms with Crippen molar-refractivity contribution in [3.8, 4) is 0 Å².